The summed E-state index contributed by atoms with van der Waals surface area (Å²) >= 11 is 0. The number of aromatic nitrogens is 4. The van der Waals surface area contributed by atoms with Crippen LogP contribution < -0.4 is 4.90 Å². The molecule has 2 aromatic heterocycles. The number of nitrogens with zero attached hydrogens (tertiary/aromatic N) is 5. The first-order valence-electron chi connectivity index (χ1n) is 7.98. The average Bonchev–Trinajstić information content (AvgIpc) is 3.00. The van der Waals surface area contributed by atoms with Gasteiger partial charge in [-0.25, -0.2) is 9.36 Å². The highest BCUT2D eigenvalue weighted by molar-refractivity contribution is 5.47. The number of benzene rings is 1. The number of anilines is 1. The predicted octanol–water partition coefficient (Wildman–Crippen LogP) is 3.14. The maximum absolute atomic E-state index is 9.56. The molecule has 0 aliphatic carbocycles. The third-order valence-electron chi connectivity index (χ3n) is 4.03. The summed E-state index contributed by atoms with van der Waals surface area (Å²) in [5, 5.41) is 18.7. The van der Waals surface area contributed by atoms with Gasteiger partial charge in [-0.1, -0.05) is 0 Å². The Morgan fingerprint density at radius 2 is 1.29 bits per heavy atom. The number of aryl methyl sites for hydroxylation is 4. The molecule has 6 heteroatoms. The molecule has 1 aromatic carbocycles. The standard InChI is InChI=1S/C18H23N5O/c1-13-9-15(3)22(19-13)11-21(17-5-7-18(24)8-6-17)12-23-16(4)10-14(2)20-23/h5-10,24H,11-12H2,1-4H3. The highest BCUT2D eigenvalue weighted by Gasteiger charge is 2.12. The van der Waals surface area contributed by atoms with Crippen LogP contribution in [0.2, 0.25) is 0 Å². The Bertz CT molecular complexity index is 783. The van der Waals surface area contributed by atoms with Gasteiger partial charge in [0, 0.05) is 17.1 Å². The molecule has 0 unspecified atom stereocenters. The predicted molar refractivity (Wildman–Crippen MR) is 94.0 cm³/mol. The summed E-state index contributed by atoms with van der Waals surface area (Å²) in [5.74, 6) is 0.260. The van der Waals surface area contributed by atoms with Crippen LogP contribution in [0, 0.1) is 27.7 Å². The van der Waals surface area contributed by atoms with E-state index in [2.05, 4.69) is 41.1 Å². The van der Waals surface area contributed by atoms with Crippen LogP contribution in [0.15, 0.2) is 36.4 Å². The number of hydrogen-bond acceptors (Lipinski definition) is 4. The van der Waals surface area contributed by atoms with Gasteiger partial charge >= 0.3 is 0 Å². The molecule has 0 amide bonds. The normalized spacial score (nSPS) is 11.0. The summed E-state index contributed by atoms with van der Waals surface area (Å²) in [6.07, 6.45) is 0. The van der Waals surface area contributed by atoms with Crippen LogP contribution in [-0.2, 0) is 13.3 Å². The molecule has 0 atom stereocenters. The molecule has 0 fully saturated rings. The molecule has 1 N–H and O–H groups in total. The minimum absolute atomic E-state index is 0.260. The van der Waals surface area contributed by atoms with Crippen molar-refractivity contribution in [3.05, 3.63) is 59.2 Å². The molecule has 126 valence electrons. The monoisotopic (exact) mass is 325 g/mol. The molecule has 0 radical (unpaired) electrons. The van der Waals surface area contributed by atoms with Crippen molar-refractivity contribution >= 4 is 5.69 Å². The minimum Gasteiger partial charge on any atom is -0.508 e. The summed E-state index contributed by atoms with van der Waals surface area (Å²) < 4.78 is 3.96. The Hall–Kier alpha value is -2.76. The Kier molecular flexibility index (Phi) is 4.29. The van der Waals surface area contributed by atoms with Gasteiger partial charge in [-0.3, -0.25) is 0 Å². The van der Waals surface area contributed by atoms with E-state index in [4.69, 9.17) is 0 Å². The highest BCUT2D eigenvalue weighted by Crippen LogP contribution is 2.21. The van der Waals surface area contributed by atoms with E-state index < -0.39 is 0 Å². The molecular weight excluding hydrogens is 302 g/mol. The van der Waals surface area contributed by atoms with Crippen molar-refractivity contribution in [1.82, 2.24) is 19.6 Å². The zero-order valence-corrected chi connectivity index (χ0v) is 14.6. The van der Waals surface area contributed by atoms with Crippen molar-refractivity contribution in [2.75, 3.05) is 4.90 Å². The first kappa shape index (κ1) is 16.1. The number of phenols is 1. The SMILES string of the molecule is Cc1cc(C)n(CN(Cn2nc(C)cc2C)c2ccc(O)cc2)n1. The summed E-state index contributed by atoms with van der Waals surface area (Å²) in [6.45, 7) is 9.33. The van der Waals surface area contributed by atoms with Crippen molar-refractivity contribution in [1.29, 1.82) is 0 Å². The molecule has 0 aliphatic heterocycles. The van der Waals surface area contributed by atoms with Crippen LogP contribution in [0.4, 0.5) is 5.69 Å². The van der Waals surface area contributed by atoms with Gasteiger partial charge in [0.2, 0.25) is 0 Å². The Labute approximate surface area is 142 Å². The van der Waals surface area contributed by atoms with Crippen molar-refractivity contribution in [3.63, 3.8) is 0 Å². The quantitative estimate of drug-likeness (QED) is 0.783. The molecule has 24 heavy (non-hydrogen) atoms. The lowest BCUT2D eigenvalue weighted by Gasteiger charge is -2.26. The summed E-state index contributed by atoms with van der Waals surface area (Å²) in [7, 11) is 0. The topological polar surface area (TPSA) is 59.1 Å². The van der Waals surface area contributed by atoms with Crippen LogP contribution in [-0.4, -0.2) is 24.7 Å². The van der Waals surface area contributed by atoms with Crippen molar-refractivity contribution in [2.24, 2.45) is 0 Å². The van der Waals surface area contributed by atoms with E-state index in [0.29, 0.717) is 13.3 Å². The largest absolute Gasteiger partial charge is 0.508 e. The van der Waals surface area contributed by atoms with E-state index in [1.807, 2.05) is 35.3 Å². The Balaban J connectivity index is 1.92. The van der Waals surface area contributed by atoms with Crippen LogP contribution in [0.3, 0.4) is 0 Å². The van der Waals surface area contributed by atoms with Crippen molar-refractivity contribution in [3.8, 4) is 5.75 Å². The van der Waals surface area contributed by atoms with Crippen molar-refractivity contribution < 1.29 is 5.11 Å². The van der Waals surface area contributed by atoms with E-state index in [9.17, 15) is 5.11 Å². The molecule has 0 bridgehead atoms. The zero-order chi connectivity index (χ0) is 17.3. The molecule has 3 rings (SSSR count). The molecular formula is C18H23N5O. The number of phenolic OH excluding ortho intramolecular Hbond substituents is 1. The number of hydrogen-bond donors (Lipinski definition) is 1. The zero-order valence-electron chi connectivity index (χ0n) is 14.6. The number of aromatic hydroxyl groups is 1. The first-order valence-corrected chi connectivity index (χ1v) is 7.98. The van der Waals surface area contributed by atoms with Crippen LogP contribution in [0.5, 0.6) is 5.75 Å². The van der Waals surface area contributed by atoms with Crippen LogP contribution >= 0.6 is 0 Å². The second kappa shape index (κ2) is 6.39. The molecule has 6 nitrogen and oxygen atoms in total. The van der Waals surface area contributed by atoms with Gasteiger partial charge in [0.25, 0.3) is 0 Å². The summed E-state index contributed by atoms with van der Waals surface area (Å²) in [4.78, 5) is 2.18. The minimum atomic E-state index is 0.260. The maximum Gasteiger partial charge on any atom is 0.115 e. The third kappa shape index (κ3) is 3.42. The van der Waals surface area contributed by atoms with Gasteiger partial charge in [-0.2, -0.15) is 10.2 Å². The molecule has 0 aliphatic rings. The van der Waals surface area contributed by atoms with Gasteiger partial charge in [-0.05, 0) is 64.1 Å². The van der Waals surface area contributed by atoms with E-state index in [1.54, 1.807) is 12.1 Å². The second-order valence-corrected chi connectivity index (χ2v) is 6.19. The Morgan fingerprint density at radius 3 is 1.67 bits per heavy atom. The van der Waals surface area contributed by atoms with Gasteiger partial charge < -0.3 is 10.0 Å². The van der Waals surface area contributed by atoms with Crippen molar-refractivity contribution in [2.45, 2.75) is 41.0 Å². The molecule has 0 saturated carbocycles. The lowest BCUT2D eigenvalue weighted by Crippen LogP contribution is -2.30. The summed E-state index contributed by atoms with van der Waals surface area (Å²) in [6, 6.07) is 11.4. The van der Waals surface area contributed by atoms with Gasteiger partial charge in [-0.15, -0.1) is 0 Å². The maximum atomic E-state index is 9.56. The average molecular weight is 325 g/mol. The fourth-order valence-corrected chi connectivity index (χ4v) is 2.83. The van der Waals surface area contributed by atoms with Crippen LogP contribution in [0.1, 0.15) is 22.8 Å². The lowest BCUT2D eigenvalue weighted by atomic mass is 10.3. The fraction of sp³-hybridized carbons (Fsp3) is 0.333. The lowest BCUT2D eigenvalue weighted by molar-refractivity contribution is 0.472. The van der Waals surface area contributed by atoms with E-state index in [1.165, 1.54) is 0 Å². The van der Waals surface area contributed by atoms with E-state index >= 15 is 0 Å². The third-order valence-corrected chi connectivity index (χ3v) is 4.03. The summed E-state index contributed by atoms with van der Waals surface area (Å²) in [5.41, 5.74) is 5.25. The smallest absolute Gasteiger partial charge is 0.115 e. The molecule has 0 spiro atoms. The highest BCUT2D eigenvalue weighted by atomic mass is 16.3. The number of rotatable bonds is 5. The van der Waals surface area contributed by atoms with Gasteiger partial charge in [0.05, 0.1) is 11.4 Å². The van der Waals surface area contributed by atoms with E-state index in [0.717, 1.165) is 28.5 Å². The van der Waals surface area contributed by atoms with Gasteiger partial charge in [0.15, 0.2) is 0 Å². The molecule has 0 saturated heterocycles. The van der Waals surface area contributed by atoms with Gasteiger partial charge in [0.1, 0.15) is 19.1 Å². The first-order chi connectivity index (χ1) is 11.4. The fourth-order valence-electron chi connectivity index (χ4n) is 2.83. The Morgan fingerprint density at radius 1 is 0.833 bits per heavy atom. The van der Waals surface area contributed by atoms with E-state index in [-0.39, 0.29) is 5.75 Å². The van der Waals surface area contributed by atoms with Crippen LogP contribution in [0.25, 0.3) is 0 Å². The molecule has 2 heterocycles. The molecule has 3 aromatic rings. The second-order valence-electron chi connectivity index (χ2n) is 6.19.